The maximum absolute atomic E-state index is 11.9. The zero-order chi connectivity index (χ0) is 13.0. The average Bonchev–Trinajstić information content (AvgIpc) is 2.83. The van der Waals surface area contributed by atoms with E-state index in [1.807, 2.05) is 18.2 Å². The minimum atomic E-state index is 0.283. The standard InChI is InChI=1S/C14H17BrClNO/c15-12-3-2-11(14(16)8-12)7-13(18)4-1-10-5-6-17-9-10/h2-3,8,10,17H,1,4-7,9H2. The van der Waals surface area contributed by atoms with Crippen molar-refractivity contribution in [3.05, 3.63) is 33.3 Å². The van der Waals surface area contributed by atoms with Gasteiger partial charge in [-0.3, -0.25) is 4.79 Å². The van der Waals surface area contributed by atoms with Crippen LogP contribution < -0.4 is 5.32 Å². The predicted octanol–water partition coefficient (Wildman–Crippen LogP) is 3.60. The number of hydrogen-bond donors (Lipinski definition) is 1. The number of carbonyl (C=O) groups is 1. The summed E-state index contributed by atoms with van der Waals surface area (Å²) in [5.41, 5.74) is 0.925. The Kier molecular flexibility index (Phi) is 5.22. The number of rotatable bonds is 5. The van der Waals surface area contributed by atoms with Crippen LogP contribution in [0.3, 0.4) is 0 Å². The minimum absolute atomic E-state index is 0.283. The predicted molar refractivity (Wildman–Crippen MR) is 78.1 cm³/mol. The van der Waals surface area contributed by atoms with E-state index in [9.17, 15) is 4.79 Å². The molecule has 1 aliphatic rings. The molecule has 1 aliphatic heterocycles. The molecule has 0 aliphatic carbocycles. The van der Waals surface area contributed by atoms with Gasteiger partial charge in [-0.15, -0.1) is 0 Å². The van der Waals surface area contributed by atoms with Gasteiger partial charge < -0.3 is 5.32 Å². The lowest BCUT2D eigenvalue weighted by atomic mass is 9.98. The number of hydrogen-bond acceptors (Lipinski definition) is 2. The first-order valence-electron chi connectivity index (χ1n) is 6.31. The second kappa shape index (κ2) is 6.69. The molecule has 1 saturated heterocycles. The Bertz CT molecular complexity index is 430. The van der Waals surface area contributed by atoms with Gasteiger partial charge in [0.2, 0.25) is 0 Å². The largest absolute Gasteiger partial charge is 0.316 e. The summed E-state index contributed by atoms with van der Waals surface area (Å²) in [7, 11) is 0. The van der Waals surface area contributed by atoms with Crippen molar-refractivity contribution in [2.75, 3.05) is 13.1 Å². The highest BCUT2D eigenvalue weighted by molar-refractivity contribution is 9.10. The van der Waals surface area contributed by atoms with Crippen LogP contribution in [0.2, 0.25) is 5.02 Å². The normalized spacial score (nSPS) is 19.1. The molecule has 0 radical (unpaired) electrons. The fourth-order valence-electron chi connectivity index (χ4n) is 2.29. The van der Waals surface area contributed by atoms with E-state index in [1.165, 1.54) is 6.42 Å². The first kappa shape index (κ1) is 14.0. The first-order chi connectivity index (χ1) is 8.65. The zero-order valence-corrected chi connectivity index (χ0v) is 12.6. The molecule has 0 spiro atoms. The lowest BCUT2D eigenvalue weighted by Crippen LogP contribution is -2.11. The van der Waals surface area contributed by atoms with E-state index >= 15 is 0 Å². The Morgan fingerprint density at radius 3 is 3.00 bits per heavy atom. The van der Waals surface area contributed by atoms with Crippen molar-refractivity contribution in [3.63, 3.8) is 0 Å². The van der Waals surface area contributed by atoms with Gasteiger partial charge in [-0.25, -0.2) is 0 Å². The highest BCUT2D eigenvalue weighted by atomic mass is 79.9. The van der Waals surface area contributed by atoms with Crippen LogP contribution in [-0.2, 0) is 11.2 Å². The van der Waals surface area contributed by atoms with Crippen LogP contribution in [0.5, 0.6) is 0 Å². The molecule has 0 aromatic heterocycles. The van der Waals surface area contributed by atoms with Crippen LogP contribution in [0.15, 0.2) is 22.7 Å². The average molecular weight is 331 g/mol. The highest BCUT2D eigenvalue weighted by Gasteiger charge is 2.16. The van der Waals surface area contributed by atoms with Crippen LogP contribution in [0.25, 0.3) is 0 Å². The fraction of sp³-hybridized carbons (Fsp3) is 0.500. The summed E-state index contributed by atoms with van der Waals surface area (Å²) in [5, 5.41) is 3.99. The Morgan fingerprint density at radius 2 is 2.33 bits per heavy atom. The molecule has 0 saturated carbocycles. The van der Waals surface area contributed by atoms with Crippen LogP contribution in [-0.4, -0.2) is 18.9 Å². The van der Waals surface area contributed by atoms with E-state index in [0.717, 1.165) is 29.5 Å². The molecule has 2 rings (SSSR count). The van der Waals surface area contributed by atoms with Gasteiger partial charge in [-0.1, -0.05) is 33.6 Å². The summed E-state index contributed by atoms with van der Waals surface area (Å²) >= 11 is 9.47. The van der Waals surface area contributed by atoms with Crippen molar-refractivity contribution < 1.29 is 4.79 Å². The molecule has 1 atom stereocenters. The van der Waals surface area contributed by atoms with E-state index in [1.54, 1.807) is 0 Å². The minimum Gasteiger partial charge on any atom is -0.316 e. The molecule has 1 unspecified atom stereocenters. The lowest BCUT2D eigenvalue weighted by molar-refractivity contribution is -0.118. The Morgan fingerprint density at radius 1 is 1.50 bits per heavy atom. The third-order valence-corrected chi connectivity index (χ3v) is 4.24. The molecule has 1 heterocycles. The zero-order valence-electron chi connectivity index (χ0n) is 10.2. The molecule has 1 aromatic rings. The molecule has 0 amide bonds. The van der Waals surface area contributed by atoms with Gasteiger partial charge in [0.25, 0.3) is 0 Å². The van der Waals surface area contributed by atoms with E-state index in [2.05, 4.69) is 21.2 Å². The summed E-state index contributed by atoms with van der Waals surface area (Å²) < 4.78 is 0.945. The van der Waals surface area contributed by atoms with Crippen molar-refractivity contribution in [1.29, 1.82) is 0 Å². The molecule has 4 heteroatoms. The van der Waals surface area contributed by atoms with E-state index in [0.29, 0.717) is 23.8 Å². The smallest absolute Gasteiger partial charge is 0.137 e. The van der Waals surface area contributed by atoms with E-state index in [-0.39, 0.29) is 5.78 Å². The Hall–Kier alpha value is -0.380. The second-order valence-electron chi connectivity index (χ2n) is 4.85. The van der Waals surface area contributed by atoms with E-state index in [4.69, 9.17) is 11.6 Å². The number of ketones is 1. The third-order valence-electron chi connectivity index (χ3n) is 3.40. The Labute approximate surface area is 121 Å². The summed E-state index contributed by atoms with van der Waals surface area (Å²) in [6.07, 6.45) is 3.32. The van der Waals surface area contributed by atoms with Crippen LogP contribution in [0, 0.1) is 5.92 Å². The number of halogens is 2. The highest BCUT2D eigenvalue weighted by Crippen LogP contribution is 2.23. The second-order valence-corrected chi connectivity index (χ2v) is 6.17. The van der Waals surface area contributed by atoms with Crippen molar-refractivity contribution in [1.82, 2.24) is 5.32 Å². The van der Waals surface area contributed by atoms with Crippen molar-refractivity contribution >= 4 is 33.3 Å². The van der Waals surface area contributed by atoms with Gasteiger partial charge in [0.1, 0.15) is 5.78 Å². The van der Waals surface area contributed by atoms with Crippen LogP contribution in [0.4, 0.5) is 0 Å². The number of benzene rings is 1. The molecule has 0 bridgehead atoms. The Balaban J connectivity index is 1.82. The summed E-state index contributed by atoms with van der Waals surface area (Å²) in [6.45, 7) is 2.16. The van der Waals surface area contributed by atoms with Gasteiger partial charge in [-0.05, 0) is 49.5 Å². The molecule has 98 valence electrons. The maximum atomic E-state index is 11.9. The summed E-state index contributed by atoms with van der Waals surface area (Å²) in [4.78, 5) is 11.9. The number of carbonyl (C=O) groups excluding carboxylic acids is 1. The molecule has 1 aromatic carbocycles. The van der Waals surface area contributed by atoms with Gasteiger partial charge in [-0.2, -0.15) is 0 Å². The van der Waals surface area contributed by atoms with Crippen molar-refractivity contribution in [2.45, 2.75) is 25.7 Å². The molecular formula is C14H17BrClNO. The maximum Gasteiger partial charge on any atom is 0.137 e. The quantitative estimate of drug-likeness (QED) is 0.893. The van der Waals surface area contributed by atoms with Gasteiger partial charge in [0.15, 0.2) is 0 Å². The fourth-order valence-corrected chi connectivity index (χ4v) is 3.03. The van der Waals surface area contributed by atoms with E-state index < -0.39 is 0 Å². The first-order valence-corrected chi connectivity index (χ1v) is 7.48. The molecule has 1 fully saturated rings. The van der Waals surface area contributed by atoms with Crippen LogP contribution >= 0.6 is 27.5 Å². The number of nitrogens with one attached hydrogen (secondary N) is 1. The monoisotopic (exact) mass is 329 g/mol. The molecule has 18 heavy (non-hydrogen) atoms. The molecule has 1 N–H and O–H groups in total. The topological polar surface area (TPSA) is 29.1 Å². The van der Waals surface area contributed by atoms with Gasteiger partial charge >= 0.3 is 0 Å². The van der Waals surface area contributed by atoms with Crippen LogP contribution in [0.1, 0.15) is 24.8 Å². The SMILES string of the molecule is O=C(CCC1CCNC1)Cc1ccc(Br)cc1Cl. The van der Waals surface area contributed by atoms with Gasteiger partial charge in [0, 0.05) is 22.3 Å². The van der Waals surface area contributed by atoms with Crippen molar-refractivity contribution in [2.24, 2.45) is 5.92 Å². The summed E-state index contributed by atoms with van der Waals surface area (Å²) in [6, 6.07) is 5.68. The molecule has 2 nitrogen and oxygen atoms in total. The van der Waals surface area contributed by atoms with Crippen molar-refractivity contribution in [3.8, 4) is 0 Å². The third kappa shape index (κ3) is 4.08. The lowest BCUT2D eigenvalue weighted by Gasteiger charge is -2.08. The molecular weight excluding hydrogens is 314 g/mol. The summed E-state index contributed by atoms with van der Waals surface area (Å²) in [5.74, 6) is 0.959. The van der Waals surface area contributed by atoms with Gasteiger partial charge in [0.05, 0.1) is 0 Å². The number of Topliss-reactive ketones (excluding diaryl/α,β-unsaturated/α-hetero) is 1.